The Morgan fingerprint density at radius 3 is 2.56 bits per heavy atom. The van der Waals surface area contributed by atoms with E-state index in [1.165, 1.54) is 38.5 Å². The lowest BCUT2D eigenvalue weighted by Crippen LogP contribution is -2.31. The predicted octanol–water partition coefficient (Wildman–Crippen LogP) is 3.46. The molecule has 1 fully saturated rings. The van der Waals surface area contributed by atoms with Gasteiger partial charge in [0.2, 0.25) is 0 Å². The lowest BCUT2D eigenvalue weighted by molar-refractivity contribution is 0.410. The van der Waals surface area contributed by atoms with Crippen LogP contribution < -0.4 is 5.32 Å². The summed E-state index contributed by atoms with van der Waals surface area (Å²) in [5.74, 6) is 0. The van der Waals surface area contributed by atoms with Crippen molar-refractivity contribution >= 4 is 0 Å². The molecule has 2 heteroatoms. The highest BCUT2D eigenvalue weighted by molar-refractivity contribution is 5.07. The van der Waals surface area contributed by atoms with E-state index in [-0.39, 0.29) is 0 Å². The summed E-state index contributed by atoms with van der Waals surface area (Å²) < 4.78 is 0. The number of hydrogen-bond acceptors (Lipinski definition) is 2. The highest BCUT2D eigenvalue weighted by Crippen LogP contribution is 2.20. The average Bonchev–Trinajstić information content (AvgIpc) is 2.59. The number of rotatable bonds is 3. The van der Waals surface area contributed by atoms with Crippen LogP contribution >= 0.6 is 0 Å². The minimum Gasteiger partial charge on any atom is -0.306 e. The fourth-order valence-corrected chi connectivity index (χ4v) is 2.52. The first kappa shape index (κ1) is 11.6. The summed E-state index contributed by atoms with van der Waals surface area (Å²) >= 11 is 0. The van der Waals surface area contributed by atoms with Gasteiger partial charge < -0.3 is 5.32 Å². The van der Waals surface area contributed by atoms with Crippen LogP contribution in [0.5, 0.6) is 0 Å². The van der Waals surface area contributed by atoms with Crippen molar-refractivity contribution in [2.24, 2.45) is 0 Å². The Bertz CT molecular complexity index is 289. The van der Waals surface area contributed by atoms with E-state index in [0.717, 1.165) is 5.69 Å². The number of aromatic nitrogens is 1. The minimum absolute atomic E-state index is 0.379. The Hall–Kier alpha value is -0.890. The van der Waals surface area contributed by atoms with Gasteiger partial charge in [0.05, 0.1) is 5.69 Å². The second-order valence-corrected chi connectivity index (χ2v) is 4.83. The highest BCUT2D eigenvalue weighted by atomic mass is 15.0. The predicted molar refractivity (Wildman–Crippen MR) is 67.3 cm³/mol. The van der Waals surface area contributed by atoms with Crippen molar-refractivity contribution in [1.82, 2.24) is 10.3 Å². The van der Waals surface area contributed by atoms with Gasteiger partial charge in [-0.2, -0.15) is 0 Å². The summed E-state index contributed by atoms with van der Waals surface area (Å²) in [6.07, 6.45) is 10.1. The summed E-state index contributed by atoms with van der Waals surface area (Å²) in [4.78, 5) is 4.41. The van der Waals surface area contributed by atoms with Gasteiger partial charge >= 0.3 is 0 Å². The van der Waals surface area contributed by atoms with Crippen molar-refractivity contribution in [1.29, 1.82) is 0 Å². The molecule has 0 saturated heterocycles. The lowest BCUT2D eigenvalue weighted by Gasteiger charge is -2.21. The first-order chi connectivity index (χ1) is 7.86. The third-order valence-corrected chi connectivity index (χ3v) is 3.47. The zero-order chi connectivity index (χ0) is 11.2. The van der Waals surface area contributed by atoms with Crippen molar-refractivity contribution in [3.8, 4) is 0 Å². The molecule has 1 aromatic rings. The van der Waals surface area contributed by atoms with Crippen LogP contribution in [0.15, 0.2) is 24.4 Å². The van der Waals surface area contributed by atoms with E-state index in [0.29, 0.717) is 12.1 Å². The van der Waals surface area contributed by atoms with Crippen molar-refractivity contribution in [2.75, 3.05) is 0 Å². The molecule has 0 amide bonds. The van der Waals surface area contributed by atoms with E-state index in [2.05, 4.69) is 29.4 Å². The SMILES string of the molecule is C[C@H](NC1CCCCCC1)c1ccccn1. The molecule has 1 saturated carbocycles. The molecular formula is C14H22N2. The molecule has 1 aliphatic rings. The quantitative estimate of drug-likeness (QED) is 0.786. The van der Waals surface area contributed by atoms with Crippen molar-refractivity contribution < 1.29 is 0 Å². The average molecular weight is 218 g/mol. The third-order valence-electron chi connectivity index (χ3n) is 3.47. The van der Waals surface area contributed by atoms with Crippen LogP contribution in [0.3, 0.4) is 0 Å². The maximum atomic E-state index is 4.41. The fraction of sp³-hybridized carbons (Fsp3) is 0.643. The maximum Gasteiger partial charge on any atom is 0.0570 e. The highest BCUT2D eigenvalue weighted by Gasteiger charge is 2.15. The van der Waals surface area contributed by atoms with Crippen LogP contribution in [0.4, 0.5) is 0 Å². The number of nitrogens with zero attached hydrogens (tertiary/aromatic N) is 1. The van der Waals surface area contributed by atoms with Crippen LogP contribution in [-0.4, -0.2) is 11.0 Å². The Morgan fingerprint density at radius 2 is 1.94 bits per heavy atom. The Labute approximate surface area is 98.5 Å². The molecule has 16 heavy (non-hydrogen) atoms. The topological polar surface area (TPSA) is 24.9 Å². The molecule has 1 N–H and O–H groups in total. The molecule has 2 rings (SSSR count). The zero-order valence-corrected chi connectivity index (χ0v) is 10.2. The summed E-state index contributed by atoms with van der Waals surface area (Å²) in [5.41, 5.74) is 1.16. The van der Waals surface area contributed by atoms with Gasteiger partial charge in [-0.15, -0.1) is 0 Å². The number of nitrogens with one attached hydrogen (secondary N) is 1. The third kappa shape index (κ3) is 3.31. The molecule has 0 spiro atoms. The zero-order valence-electron chi connectivity index (χ0n) is 10.2. The fourth-order valence-electron chi connectivity index (χ4n) is 2.52. The molecular weight excluding hydrogens is 196 g/mol. The number of pyridine rings is 1. The largest absolute Gasteiger partial charge is 0.306 e. The molecule has 88 valence electrons. The normalized spacial score (nSPS) is 20.3. The van der Waals surface area contributed by atoms with Crippen LogP contribution in [0.2, 0.25) is 0 Å². The van der Waals surface area contributed by atoms with E-state index >= 15 is 0 Å². The molecule has 0 unspecified atom stereocenters. The van der Waals surface area contributed by atoms with Gasteiger partial charge in [-0.3, -0.25) is 4.98 Å². The molecule has 0 aliphatic heterocycles. The molecule has 1 atom stereocenters. The Balaban J connectivity index is 1.88. The maximum absolute atomic E-state index is 4.41. The monoisotopic (exact) mass is 218 g/mol. The van der Waals surface area contributed by atoms with Crippen LogP contribution in [0.1, 0.15) is 57.2 Å². The summed E-state index contributed by atoms with van der Waals surface area (Å²) in [6.45, 7) is 2.22. The van der Waals surface area contributed by atoms with Gasteiger partial charge in [-0.1, -0.05) is 31.7 Å². The molecule has 0 bridgehead atoms. The van der Waals surface area contributed by atoms with E-state index in [1.54, 1.807) is 0 Å². The summed E-state index contributed by atoms with van der Waals surface area (Å²) in [7, 11) is 0. The standard InChI is InChI=1S/C14H22N2/c1-12(14-10-6-7-11-15-14)16-13-8-4-2-3-5-9-13/h6-7,10-13,16H,2-5,8-9H2,1H3/t12-/m0/s1. The molecule has 2 nitrogen and oxygen atoms in total. The molecule has 1 aliphatic carbocycles. The van der Waals surface area contributed by atoms with Crippen LogP contribution in [0, 0.1) is 0 Å². The van der Waals surface area contributed by atoms with Gasteiger partial charge in [-0.25, -0.2) is 0 Å². The van der Waals surface area contributed by atoms with E-state index in [9.17, 15) is 0 Å². The molecule has 0 radical (unpaired) electrons. The number of hydrogen-bond donors (Lipinski definition) is 1. The first-order valence-corrected chi connectivity index (χ1v) is 6.53. The van der Waals surface area contributed by atoms with Gasteiger partial charge in [0.15, 0.2) is 0 Å². The van der Waals surface area contributed by atoms with Gasteiger partial charge in [-0.05, 0) is 31.9 Å². The van der Waals surface area contributed by atoms with Crippen molar-refractivity contribution in [3.63, 3.8) is 0 Å². The summed E-state index contributed by atoms with van der Waals surface area (Å²) in [5, 5.41) is 3.71. The molecule has 1 aromatic heterocycles. The van der Waals surface area contributed by atoms with E-state index < -0.39 is 0 Å². The van der Waals surface area contributed by atoms with Crippen LogP contribution in [0.25, 0.3) is 0 Å². The van der Waals surface area contributed by atoms with Crippen LogP contribution in [-0.2, 0) is 0 Å². The van der Waals surface area contributed by atoms with Crippen molar-refractivity contribution in [3.05, 3.63) is 30.1 Å². The second-order valence-electron chi connectivity index (χ2n) is 4.83. The van der Waals surface area contributed by atoms with Gasteiger partial charge in [0.1, 0.15) is 0 Å². The van der Waals surface area contributed by atoms with Gasteiger partial charge in [0, 0.05) is 18.3 Å². The first-order valence-electron chi connectivity index (χ1n) is 6.53. The molecule has 0 aromatic carbocycles. The second kappa shape index (κ2) is 6.00. The summed E-state index contributed by atoms with van der Waals surface area (Å²) in [6, 6.07) is 7.22. The minimum atomic E-state index is 0.379. The van der Waals surface area contributed by atoms with E-state index in [1.807, 2.05) is 12.3 Å². The van der Waals surface area contributed by atoms with Crippen molar-refractivity contribution in [2.45, 2.75) is 57.5 Å². The smallest absolute Gasteiger partial charge is 0.0570 e. The Kier molecular flexibility index (Phi) is 4.34. The van der Waals surface area contributed by atoms with Gasteiger partial charge in [0.25, 0.3) is 0 Å². The lowest BCUT2D eigenvalue weighted by atomic mass is 10.1. The van der Waals surface area contributed by atoms with E-state index in [4.69, 9.17) is 0 Å². The Morgan fingerprint density at radius 1 is 1.19 bits per heavy atom. The molecule has 1 heterocycles.